The van der Waals surface area contributed by atoms with Gasteiger partial charge in [-0.1, -0.05) is 153 Å². The van der Waals surface area contributed by atoms with Gasteiger partial charge in [0.25, 0.3) is 6.71 Å². The molecular weight excluding hydrogens is 890 g/mol. The zero-order valence-corrected chi connectivity index (χ0v) is 40.7. The van der Waals surface area contributed by atoms with Gasteiger partial charge in [-0.05, 0) is 111 Å². The van der Waals surface area contributed by atoms with Gasteiger partial charge in [-0.2, -0.15) is 0 Å². The smallest absolute Gasteiger partial charge is 0.252 e. The van der Waals surface area contributed by atoms with Gasteiger partial charge < -0.3 is 14.7 Å². The van der Waals surface area contributed by atoms with E-state index in [0.29, 0.717) is 0 Å². The Labute approximate surface area is 410 Å². The van der Waals surface area contributed by atoms with Crippen LogP contribution in [0, 0.1) is 0 Å². The summed E-state index contributed by atoms with van der Waals surface area (Å²) in [5.74, 6) is 0. The molecule has 2 aromatic heterocycles. The van der Waals surface area contributed by atoms with Crippen LogP contribution in [0.2, 0.25) is 13.1 Å². The lowest BCUT2D eigenvalue weighted by Gasteiger charge is -2.45. The highest BCUT2D eigenvalue weighted by Crippen LogP contribution is 2.54. The van der Waals surface area contributed by atoms with E-state index in [1.165, 1.54) is 107 Å². The molecule has 15 rings (SSSR count). The zero-order valence-electron chi connectivity index (χ0n) is 38.0. The summed E-state index contributed by atoms with van der Waals surface area (Å²) in [4.78, 5) is 7.80. The van der Waals surface area contributed by atoms with Crippen molar-refractivity contribution in [1.82, 2.24) is 0 Å². The molecule has 0 N–H and O–H groups in total. The Balaban J connectivity index is 1.13. The number of thiophene rings is 2. The van der Waals surface area contributed by atoms with Crippen LogP contribution < -0.4 is 41.5 Å². The molecule has 3 aliphatic heterocycles. The van der Waals surface area contributed by atoms with Gasteiger partial charge >= 0.3 is 0 Å². The Morgan fingerprint density at radius 1 is 0.435 bits per heavy atom. The number of hydrogen-bond donors (Lipinski definition) is 0. The van der Waals surface area contributed by atoms with Gasteiger partial charge in [-0.3, -0.25) is 0 Å². The lowest BCUT2D eigenvalue weighted by molar-refractivity contribution is 1.24. The quantitative estimate of drug-likeness (QED) is 0.159. The number of fused-ring (bicyclic) bond motifs is 15. The monoisotopic (exact) mass is 931 g/mol. The van der Waals surface area contributed by atoms with Crippen molar-refractivity contribution in [3.63, 3.8) is 0 Å². The SMILES string of the molecule is C[Si]1(C)c2ccccc2-c2c(N(c3ccccc3)c3cc4c5c(c3)N(c3ccccc3)c3c(ccc6sc7ccccc7c36)B5c3ccc5sc6ccccc6c5c3N4c3ccccc3)cccc21. The Morgan fingerprint density at radius 2 is 0.928 bits per heavy atom. The van der Waals surface area contributed by atoms with Gasteiger partial charge in [0, 0.05) is 74.3 Å². The topological polar surface area (TPSA) is 9.72 Å². The van der Waals surface area contributed by atoms with Crippen LogP contribution in [0.5, 0.6) is 0 Å². The second-order valence-electron chi connectivity index (χ2n) is 19.2. The predicted octanol–water partition coefficient (Wildman–Crippen LogP) is 14.8. The number of benzene rings is 10. The Bertz CT molecular complexity index is 3900. The third kappa shape index (κ3) is 5.49. The summed E-state index contributed by atoms with van der Waals surface area (Å²) < 4.78 is 5.21. The molecule has 0 bridgehead atoms. The fraction of sp³-hybridized carbons (Fsp3) is 0.0323. The van der Waals surface area contributed by atoms with Crippen LogP contribution in [0.25, 0.3) is 51.5 Å². The van der Waals surface area contributed by atoms with Crippen molar-refractivity contribution in [2.24, 2.45) is 0 Å². The molecule has 0 unspecified atom stereocenters. The molecule has 0 atom stereocenters. The van der Waals surface area contributed by atoms with Gasteiger partial charge in [-0.15, -0.1) is 22.7 Å². The standard InChI is InChI=1S/C62H42BN3S2Si/c1-69(2)55-31-17-14-27-45(55)57-48(28-18-32-56(57)69)64(39-19-6-3-7-20-39)42-37-49-60-50(38-42)66(41-23-10-5-11-24-41)62-47(34-36-54-59(62)44-26-13-16-30-52(44)68-54)63(60)46-33-35-53-58(43-25-12-15-29-51(43)67-53)61(46)65(49)40-21-8-4-9-22-40/h3-38H,1-2H3. The van der Waals surface area contributed by atoms with Crippen molar-refractivity contribution < 1.29 is 0 Å². The normalized spacial score (nSPS) is 14.0. The summed E-state index contributed by atoms with van der Waals surface area (Å²) in [6.45, 7) is 4.99. The van der Waals surface area contributed by atoms with Crippen LogP contribution in [-0.4, -0.2) is 14.8 Å². The third-order valence-electron chi connectivity index (χ3n) is 15.2. The summed E-state index contributed by atoms with van der Waals surface area (Å²) in [6, 6.07) is 82.4. The predicted molar refractivity (Wildman–Crippen MR) is 303 cm³/mol. The summed E-state index contributed by atoms with van der Waals surface area (Å²) in [7, 11) is -2.02. The van der Waals surface area contributed by atoms with Crippen molar-refractivity contribution in [3.05, 3.63) is 218 Å². The van der Waals surface area contributed by atoms with Crippen molar-refractivity contribution in [1.29, 1.82) is 0 Å². The minimum Gasteiger partial charge on any atom is -0.311 e. The highest BCUT2D eigenvalue weighted by atomic mass is 32.1. The average molecular weight is 932 g/mol. The van der Waals surface area contributed by atoms with Crippen LogP contribution in [0.4, 0.5) is 51.2 Å². The van der Waals surface area contributed by atoms with E-state index in [0.717, 1.165) is 22.7 Å². The van der Waals surface area contributed by atoms with Crippen LogP contribution >= 0.6 is 22.7 Å². The number of rotatable bonds is 5. The number of nitrogens with zero attached hydrogens (tertiary/aromatic N) is 3. The second kappa shape index (κ2) is 14.7. The molecule has 0 radical (unpaired) electrons. The highest BCUT2D eigenvalue weighted by Gasteiger charge is 2.46. The first-order chi connectivity index (χ1) is 34.0. The van der Waals surface area contributed by atoms with Crippen LogP contribution in [0.15, 0.2) is 218 Å². The molecular formula is C62H42BN3S2Si. The summed E-state index contributed by atoms with van der Waals surface area (Å²) in [5, 5.41) is 8.21. The first-order valence-electron chi connectivity index (χ1n) is 23.9. The maximum absolute atomic E-state index is 2.62. The average Bonchev–Trinajstić information content (AvgIpc) is 4.05. The van der Waals surface area contributed by atoms with E-state index >= 15 is 0 Å². The Hall–Kier alpha value is -7.68. The fourth-order valence-corrected chi connectivity index (χ4v) is 17.6. The minimum absolute atomic E-state index is 0.0510. The molecule has 69 heavy (non-hydrogen) atoms. The molecule has 12 aromatic rings. The van der Waals surface area contributed by atoms with Crippen molar-refractivity contribution in [2.75, 3.05) is 14.7 Å². The lowest BCUT2D eigenvalue weighted by atomic mass is 9.33. The van der Waals surface area contributed by atoms with Crippen molar-refractivity contribution in [2.45, 2.75) is 13.1 Å². The van der Waals surface area contributed by atoms with Crippen LogP contribution in [0.3, 0.4) is 0 Å². The van der Waals surface area contributed by atoms with Gasteiger partial charge in [0.2, 0.25) is 0 Å². The van der Waals surface area contributed by atoms with E-state index in [4.69, 9.17) is 0 Å². The molecule has 3 nitrogen and oxygen atoms in total. The molecule has 0 aliphatic carbocycles. The van der Waals surface area contributed by atoms with E-state index in [-0.39, 0.29) is 6.71 Å². The molecule has 3 aliphatic rings. The Morgan fingerprint density at radius 3 is 1.51 bits per heavy atom. The lowest BCUT2D eigenvalue weighted by Crippen LogP contribution is -2.61. The highest BCUT2D eigenvalue weighted by molar-refractivity contribution is 7.26. The third-order valence-corrected chi connectivity index (χ3v) is 21.0. The maximum Gasteiger partial charge on any atom is 0.252 e. The van der Waals surface area contributed by atoms with E-state index in [1.54, 1.807) is 0 Å². The largest absolute Gasteiger partial charge is 0.311 e. The minimum atomic E-state index is -2.02. The van der Waals surface area contributed by atoms with Crippen molar-refractivity contribution in [3.8, 4) is 11.1 Å². The summed E-state index contributed by atoms with van der Waals surface area (Å²) in [6.07, 6.45) is 0. The van der Waals surface area contributed by atoms with E-state index in [1.807, 2.05) is 22.7 Å². The molecule has 0 spiro atoms. The first kappa shape index (κ1) is 39.3. The molecule has 324 valence electrons. The van der Waals surface area contributed by atoms with Crippen molar-refractivity contribution >= 4 is 156 Å². The summed E-state index contributed by atoms with van der Waals surface area (Å²) in [5.41, 5.74) is 17.3. The molecule has 0 amide bonds. The van der Waals surface area contributed by atoms with Gasteiger partial charge in [0.1, 0.15) is 8.07 Å². The molecule has 5 heterocycles. The number of hydrogen-bond acceptors (Lipinski definition) is 5. The second-order valence-corrected chi connectivity index (χ2v) is 25.7. The number of anilines is 9. The van der Waals surface area contributed by atoms with Gasteiger partial charge in [-0.25, -0.2) is 0 Å². The Kier molecular flexibility index (Phi) is 8.36. The molecule has 7 heteroatoms. The summed E-state index contributed by atoms with van der Waals surface area (Å²) >= 11 is 3.79. The fourth-order valence-electron chi connectivity index (χ4n) is 12.3. The van der Waals surface area contributed by atoms with Crippen LogP contribution in [0.1, 0.15) is 0 Å². The first-order valence-corrected chi connectivity index (χ1v) is 28.5. The van der Waals surface area contributed by atoms with E-state index in [9.17, 15) is 0 Å². The molecule has 0 saturated carbocycles. The van der Waals surface area contributed by atoms with Gasteiger partial charge in [0.05, 0.1) is 22.7 Å². The number of para-hydroxylation sites is 3. The van der Waals surface area contributed by atoms with Crippen LogP contribution in [-0.2, 0) is 0 Å². The van der Waals surface area contributed by atoms with E-state index < -0.39 is 8.07 Å². The molecule has 0 fully saturated rings. The zero-order chi connectivity index (χ0) is 45.5. The molecule has 0 saturated heterocycles. The van der Waals surface area contributed by atoms with Gasteiger partial charge in [0.15, 0.2) is 0 Å². The van der Waals surface area contributed by atoms with E-state index in [2.05, 4.69) is 246 Å². The molecule has 10 aromatic carbocycles. The maximum atomic E-state index is 2.62.